The molecule has 0 fully saturated rings. The molecule has 0 aliphatic carbocycles. The van der Waals surface area contributed by atoms with Gasteiger partial charge in [-0.1, -0.05) is 23.5 Å². The van der Waals surface area contributed by atoms with E-state index in [1.165, 1.54) is 23.5 Å². The van der Waals surface area contributed by atoms with E-state index in [-0.39, 0.29) is 10.2 Å². The molecule has 0 aliphatic rings. The van der Waals surface area contributed by atoms with Gasteiger partial charge in [0, 0.05) is 25.4 Å². The van der Waals surface area contributed by atoms with Crippen LogP contribution < -0.4 is 0 Å². The van der Waals surface area contributed by atoms with Gasteiger partial charge >= 0.3 is 0 Å². The lowest BCUT2D eigenvalue weighted by molar-refractivity contribution is -0.109. The summed E-state index contributed by atoms with van der Waals surface area (Å²) in [5.41, 5.74) is 0. The van der Waals surface area contributed by atoms with Gasteiger partial charge in [0.2, 0.25) is 0 Å². The molecule has 12 heavy (non-hydrogen) atoms. The molecular formula is C8H14O2S2. The Morgan fingerprint density at radius 3 is 1.50 bits per heavy atom. The van der Waals surface area contributed by atoms with E-state index in [1.807, 2.05) is 0 Å². The fourth-order valence-electron chi connectivity index (χ4n) is 0.636. The van der Waals surface area contributed by atoms with Crippen molar-refractivity contribution >= 4 is 33.8 Å². The molecule has 0 aromatic rings. The molecule has 0 rings (SSSR count). The van der Waals surface area contributed by atoms with Gasteiger partial charge in [-0.15, -0.1) is 0 Å². The van der Waals surface area contributed by atoms with Crippen LogP contribution in [0.2, 0.25) is 0 Å². The van der Waals surface area contributed by atoms with Crippen LogP contribution in [0.25, 0.3) is 0 Å². The summed E-state index contributed by atoms with van der Waals surface area (Å²) < 4.78 is 0. The molecule has 0 bridgehead atoms. The average Bonchev–Trinajstić information content (AvgIpc) is 1.95. The Morgan fingerprint density at radius 1 is 0.917 bits per heavy atom. The highest BCUT2D eigenvalue weighted by molar-refractivity contribution is 8.13. The first-order chi connectivity index (χ1) is 5.63. The van der Waals surface area contributed by atoms with Crippen molar-refractivity contribution in [3.05, 3.63) is 0 Å². The molecule has 0 heterocycles. The Bertz CT molecular complexity index is 139. The molecule has 0 aliphatic heterocycles. The number of hydrogen-bond donors (Lipinski definition) is 0. The third-order valence-electron chi connectivity index (χ3n) is 1.15. The van der Waals surface area contributed by atoms with Crippen molar-refractivity contribution in [1.29, 1.82) is 0 Å². The number of thioether (sulfide) groups is 2. The van der Waals surface area contributed by atoms with Gasteiger partial charge < -0.3 is 0 Å². The highest BCUT2D eigenvalue weighted by atomic mass is 32.2. The summed E-state index contributed by atoms with van der Waals surface area (Å²) >= 11 is 2.71. The topological polar surface area (TPSA) is 34.1 Å². The molecule has 0 amide bonds. The Kier molecular flexibility index (Phi) is 7.70. The van der Waals surface area contributed by atoms with Gasteiger partial charge in [-0.2, -0.15) is 0 Å². The quantitative estimate of drug-likeness (QED) is 0.647. The van der Waals surface area contributed by atoms with E-state index in [0.717, 1.165) is 24.3 Å². The molecule has 0 saturated heterocycles. The third-order valence-corrected chi connectivity index (χ3v) is 2.95. The monoisotopic (exact) mass is 206 g/mol. The number of carbonyl (C=O) groups is 2. The van der Waals surface area contributed by atoms with Crippen molar-refractivity contribution in [3.63, 3.8) is 0 Å². The van der Waals surface area contributed by atoms with Gasteiger partial charge in [-0.05, 0) is 12.8 Å². The van der Waals surface area contributed by atoms with E-state index in [1.54, 1.807) is 13.8 Å². The van der Waals surface area contributed by atoms with Crippen LogP contribution >= 0.6 is 23.5 Å². The van der Waals surface area contributed by atoms with Crippen molar-refractivity contribution in [1.82, 2.24) is 0 Å². The number of rotatable bonds is 5. The summed E-state index contributed by atoms with van der Waals surface area (Å²) in [5, 5.41) is 0.350. The number of hydrogen-bond acceptors (Lipinski definition) is 4. The lowest BCUT2D eigenvalue weighted by Gasteiger charge is -1.96. The van der Waals surface area contributed by atoms with E-state index in [0.29, 0.717) is 0 Å². The maximum absolute atomic E-state index is 10.5. The van der Waals surface area contributed by atoms with Crippen LogP contribution in [0, 0.1) is 0 Å². The molecule has 0 spiro atoms. The molecule has 2 nitrogen and oxygen atoms in total. The summed E-state index contributed by atoms with van der Waals surface area (Å²) in [4.78, 5) is 21.0. The first-order valence-corrected chi connectivity index (χ1v) is 5.87. The summed E-state index contributed by atoms with van der Waals surface area (Å²) in [6, 6.07) is 0. The fourth-order valence-corrected chi connectivity index (χ4v) is 1.91. The van der Waals surface area contributed by atoms with Crippen molar-refractivity contribution in [2.24, 2.45) is 0 Å². The van der Waals surface area contributed by atoms with Crippen LogP contribution in [0.15, 0.2) is 0 Å². The van der Waals surface area contributed by atoms with Gasteiger partial charge in [-0.25, -0.2) is 0 Å². The normalized spacial score (nSPS) is 9.83. The Labute approximate surface area is 81.9 Å². The molecule has 0 unspecified atom stereocenters. The molecular weight excluding hydrogens is 192 g/mol. The predicted molar refractivity (Wildman–Crippen MR) is 55.5 cm³/mol. The molecule has 0 atom stereocenters. The molecule has 4 heteroatoms. The zero-order valence-electron chi connectivity index (χ0n) is 7.46. The van der Waals surface area contributed by atoms with E-state index in [2.05, 4.69) is 0 Å². The zero-order valence-corrected chi connectivity index (χ0v) is 9.09. The van der Waals surface area contributed by atoms with Crippen LogP contribution in [-0.2, 0) is 9.59 Å². The smallest absolute Gasteiger partial charge is 0.185 e. The Morgan fingerprint density at radius 2 is 1.25 bits per heavy atom. The number of carbonyl (C=O) groups excluding carboxylic acids is 2. The lowest BCUT2D eigenvalue weighted by atomic mass is 10.4. The maximum atomic E-state index is 10.5. The maximum Gasteiger partial charge on any atom is 0.185 e. The van der Waals surface area contributed by atoms with E-state index >= 15 is 0 Å². The zero-order chi connectivity index (χ0) is 9.40. The van der Waals surface area contributed by atoms with Crippen molar-refractivity contribution in [3.8, 4) is 0 Å². The standard InChI is InChI=1S/C8H14O2S2/c1-7(9)11-5-3-4-6-12-8(2)10/h3-6H2,1-2H3. The first kappa shape index (κ1) is 12.0. The van der Waals surface area contributed by atoms with Crippen LogP contribution in [0.1, 0.15) is 26.7 Å². The summed E-state index contributed by atoms with van der Waals surface area (Å²) in [6.45, 7) is 3.16. The molecule has 0 aromatic heterocycles. The second kappa shape index (κ2) is 7.68. The van der Waals surface area contributed by atoms with E-state index < -0.39 is 0 Å². The minimum Gasteiger partial charge on any atom is -0.288 e. The summed E-state index contributed by atoms with van der Waals surface area (Å²) in [7, 11) is 0. The van der Waals surface area contributed by atoms with Gasteiger partial charge in [0.05, 0.1) is 0 Å². The molecule has 0 radical (unpaired) electrons. The molecule has 0 aromatic carbocycles. The largest absolute Gasteiger partial charge is 0.288 e. The van der Waals surface area contributed by atoms with Crippen molar-refractivity contribution in [2.75, 3.05) is 11.5 Å². The van der Waals surface area contributed by atoms with Gasteiger partial charge in [0.15, 0.2) is 10.2 Å². The minimum absolute atomic E-state index is 0.175. The summed E-state index contributed by atoms with van der Waals surface area (Å²) in [6.07, 6.45) is 2.04. The number of unbranched alkanes of at least 4 members (excludes halogenated alkanes) is 1. The van der Waals surface area contributed by atoms with Crippen molar-refractivity contribution in [2.45, 2.75) is 26.7 Å². The minimum atomic E-state index is 0.175. The van der Waals surface area contributed by atoms with Crippen LogP contribution in [-0.4, -0.2) is 21.7 Å². The Balaban J connectivity index is 3.01. The highest BCUT2D eigenvalue weighted by Crippen LogP contribution is 2.09. The molecule has 0 saturated carbocycles. The van der Waals surface area contributed by atoms with E-state index in [9.17, 15) is 9.59 Å². The molecule has 0 N–H and O–H groups in total. The van der Waals surface area contributed by atoms with Gasteiger partial charge in [-0.3, -0.25) is 9.59 Å². The third kappa shape index (κ3) is 10.0. The second-order valence-corrected chi connectivity index (χ2v) is 4.93. The highest BCUT2D eigenvalue weighted by Gasteiger charge is 1.96. The van der Waals surface area contributed by atoms with E-state index in [4.69, 9.17) is 0 Å². The SMILES string of the molecule is CC(=O)SCCCCSC(C)=O. The van der Waals surface area contributed by atoms with Gasteiger partial charge in [0.25, 0.3) is 0 Å². The van der Waals surface area contributed by atoms with Crippen LogP contribution in [0.4, 0.5) is 0 Å². The first-order valence-electron chi connectivity index (χ1n) is 3.89. The predicted octanol–water partition coefficient (Wildman–Crippen LogP) is 2.33. The lowest BCUT2D eigenvalue weighted by Crippen LogP contribution is -1.90. The summed E-state index contributed by atoms with van der Waals surface area (Å²) in [5.74, 6) is 1.77. The average molecular weight is 206 g/mol. The fraction of sp³-hybridized carbons (Fsp3) is 0.750. The Hall–Kier alpha value is 0.0400. The van der Waals surface area contributed by atoms with Crippen LogP contribution in [0.5, 0.6) is 0 Å². The second-order valence-electron chi connectivity index (χ2n) is 2.39. The molecule has 70 valence electrons. The van der Waals surface area contributed by atoms with Crippen molar-refractivity contribution < 1.29 is 9.59 Å². The van der Waals surface area contributed by atoms with Crippen LogP contribution in [0.3, 0.4) is 0 Å². The van der Waals surface area contributed by atoms with Gasteiger partial charge in [0.1, 0.15) is 0 Å².